The van der Waals surface area contributed by atoms with Crippen LogP contribution >= 0.6 is 0 Å². The first-order chi connectivity index (χ1) is 13.1. The Bertz CT molecular complexity index is 683. The minimum Gasteiger partial charge on any atom is -0.453 e. The molecule has 0 N–H and O–H groups in total. The first-order valence-corrected chi connectivity index (χ1v) is 10.0. The summed E-state index contributed by atoms with van der Waals surface area (Å²) in [5.41, 5.74) is 1.21. The van der Waals surface area contributed by atoms with Gasteiger partial charge in [0, 0.05) is 12.5 Å². The lowest BCUT2D eigenvalue weighted by molar-refractivity contribution is -0.240. The van der Waals surface area contributed by atoms with Crippen molar-refractivity contribution in [2.45, 2.75) is 50.5 Å². The zero-order chi connectivity index (χ0) is 18.9. The van der Waals surface area contributed by atoms with E-state index in [2.05, 4.69) is 36.4 Å². The van der Waals surface area contributed by atoms with Gasteiger partial charge in [-0.15, -0.1) is 0 Å². The molecule has 2 saturated heterocycles. The molecule has 1 spiro atoms. The lowest BCUT2D eigenvalue weighted by Crippen LogP contribution is -2.66. The van der Waals surface area contributed by atoms with Crippen LogP contribution in [0.3, 0.4) is 0 Å². The quantitative estimate of drug-likeness (QED) is 0.786. The highest BCUT2D eigenvalue weighted by Crippen LogP contribution is 2.48. The molecule has 2 aliphatic heterocycles. The van der Waals surface area contributed by atoms with Crippen LogP contribution in [0.4, 0.5) is 4.79 Å². The highest BCUT2D eigenvalue weighted by Gasteiger charge is 2.57. The van der Waals surface area contributed by atoms with Gasteiger partial charge in [-0.25, -0.2) is 4.79 Å². The number of fused-ring (bicyclic) bond motifs is 1. The molecule has 1 aromatic rings. The van der Waals surface area contributed by atoms with Crippen LogP contribution in [0.25, 0.3) is 6.08 Å². The second kappa shape index (κ2) is 7.64. The Morgan fingerprint density at radius 1 is 1.22 bits per heavy atom. The van der Waals surface area contributed by atoms with Crippen molar-refractivity contribution in [3.8, 4) is 0 Å². The molecule has 0 unspecified atom stereocenters. The molecule has 5 heteroatoms. The van der Waals surface area contributed by atoms with Crippen LogP contribution in [0.5, 0.6) is 0 Å². The van der Waals surface area contributed by atoms with Gasteiger partial charge in [-0.3, -0.25) is 4.90 Å². The van der Waals surface area contributed by atoms with Gasteiger partial charge in [0.1, 0.15) is 0 Å². The summed E-state index contributed by atoms with van der Waals surface area (Å²) >= 11 is 0. The van der Waals surface area contributed by atoms with E-state index in [1.165, 1.54) is 12.7 Å². The molecule has 27 heavy (non-hydrogen) atoms. The Morgan fingerprint density at radius 2 is 1.96 bits per heavy atom. The van der Waals surface area contributed by atoms with Crippen molar-refractivity contribution < 1.29 is 19.0 Å². The molecule has 1 amide bonds. The lowest BCUT2D eigenvalue weighted by Gasteiger charge is -2.55. The number of ether oxygens (including phenoxy) is 3. The van der Waals surface area contributed by atoms with Crippen LogP contribution in [0.2, 0.25) is 0 Å². The van der Waals surface area contributed by atoms with Crippen LogP contribution in [0, 0.1) is 11.8 Å². The van der Waals surface area contributed by atoms with E-state index in [9.17, 15) is 4.79 Å². The average Bonchev–Trinajstić information content (AvgIpc) is 3.17. The van der Waals surface area contributed by atoms with E-state index in [0.717, 1.165) is 25.7 Å². The third-order valence-electron chi connectivity index (χ3n) is 6.51. The molecule has 4 rings (SSSR count). The lowest BCUT2D eigenvalue weighted by atomic mass is 9.68. The van der Waals surface area contributed by atoms with Crippen molar-refractivity contribution in [2.75, 3.05) is 20.3 Å². The topological polar surface area (TPSA) is 48.0 Å². The number of benzene rings is 1. The molecular formula is C22H29NO4. The Labute approximate surface area is 161 Å². The van der Waals surface area contributed by atoms with E-state index in [1.54, 1.807) is 0 Å². The van der Waals surface area contributed by atoms with E-state index < -0.39 is 5.79 Å². The highest BCUT2D eigenvalue weighted by molar-refractivity contribution is 5.69. The molecular weight excluding hydrogens is 342 g/mol. The zero-order valence-corrected chi connectivity index (χ0v) is 16.2. The van der Waals surface area contributed by atoms with Gasteiger partial charge in [-0.05, 0) is 37.2 Å². The molecule has 5 nitrogen and oxygen atoms in total. The van der Waals surface area contributed by atoms with Crippen molar-refractivity contribution in [2.24, 2.45) is 11.8 Å². The van der Waals surface area contributed by atoms with Gasteiger partial charge in [-0.2, -0.15) is 0 Å². The van der Waals surface area contributed by atoms with Crippen LogP contribution < -0.4 is 0 Å². The van der Waals surface area contributed by atoms with Gasteiger partial charge < -0.3 is 14.2 Å². The summed E-state index contributed by atoms with van der Waals surface area (Å²) in [5.74, 6) is 0.00586. The summed E-state index contributed by atoms with van der Waals surface area (Å²) in [4.78, 5) is 14.5. The Balaban J connectivity index is 1.63. The molecule has 0 bridgehead atoms. The number of allylic oxidation sites excluding steroid dienone is 1. The number of nitrogens with zero attached hydrogens (tertiary/aromatic N) is 1. The summed E-state index contributed by atoms with van der Waals surface area (Å²) in [6.07, 6.45) is 8.33. The largest absolute Gasteiger partial charge is 0.453 e. The van der Waals surface area contributed by atoms with Gasteiger partial charge in [0.15, 0.2) is 5.79 Å². The van der Waals surface area contributed by atoms with E-state index in [-0.39, 0.29) is 18.2 Å². The fourth-order valence-corrected chi connectivity index (χ4v) is 5.17. The number of likely N-dealkylation sites (tertiary alicyclic amines) is 1. The van der Waals surface area contributed by atoms with Crippen molar-refractivity contribution in [1.82, 2.24) is 4.90 Å². The van der Waals surface area contributed by atoms with Crippen LogP contribution in [-0.4, -0.2) is 49.2 Å². The number of piperidine rings is 1. The predicted molar refractivity (Wildman–Crippen MR) is 103 cm³/mol. The van der Waals surface area contributed by atoms with E-state index in [1.807, 2.05) is 17.9 Å². The number of rotatable bonds is 2. The van der Waals surface area contributed by atoms with Crippen LogP contribution in [0.1, 0.15) is 38.2 Å². The third kappa shape index (κ3) is 3.39. The average molecular weight is 371 g/mol. The van der Waals surface area contributed by atoms with Gasteiger partial charge in [0.05, 0.1) is 26.4 Å². The second-order valence-corrected chi connectivity index (χ2v) is 7.86. The van der Waals surface area contributed by atoms with Crippen LogP contribution in [-0.2, 0) is 14.2 Å². The molecule has 1 aromatic carbocycles. The molecule has 1 aliphatic carbocycles. The zero-order valence-electron chi connectivity index (χ0n) is 16.2. The Morgan fingerprint density at radius 3 is 2.67 bits per heavy atom. The molecule has 146 valence electrons. The number of hydrogen-bond donors (Lipinski definition) is 0. The second-order valence-electron chi connectivity index (χ2n) is 7.86. The maximum atomic E-state index is 12.6. The normalized spacial score (nSPS) is 32.6. The van der Waals surface area contributed by atoms with Gasteiger partial charge >= 0.3 is 6.09 Å². The van der Waals surface area contributed by atoms with E-state index in [0.29, 0.717) is 25.0 Å². The number of methoxy groups -OCH3 is 1. The summed E-state index contributed by atoms with van der Waals surface area (Å²) in [7, 11) is 1.46. The summed E-state index contributed by atoms with van der Waals surface area (Å²) in [6.45, 7) is 3.20. The van der Waals surface area contributed by atoms with Gasteiger partial charge in [-0.1, -0.05) is 48.9 Å². The first-order valence-electron chi connectivity index (χ1n) is 10.0. The number of carbonyl (C=O) groups is 1. The standard InChI is InChI=1S/C22H29NO4/c1-16-22(26-13-14-27-22)15-19-18(12-11-17-7-4-3-5-8-17)9-6-10-20(19)23(16)21(24)25-2/h3-5,7-8,11-12,16,18-20H,6,9-10,13-15H2,1-2H3/b12-11+/t16-,18-,19-,20+/m0/s1. The monoisotopic (exact) mass is 371 g/mol. The molecule has 0 radical (unpaired) electrons. The summed E-state index contributed by atoms with van der Waals surface area (Å²) in [5, 5.41) is 0. The smallest absolute Gasteiger partial charge is 0.410 e. The molecule has 1 saturated carbocycles. The van der Waals surface area contributed by atoms with Crippen molar-refractivity contribution in [3.05, 3.63) is 42.0 Å². The minimum atomic E-state index is -0.703. The van der Waals surface area contributed by atoms with Crippen LogP contribution in [0.15, 0.2) is 36.4 Å². The maximum Gasteiger partial charge on any atom is 0.410 e. The van der Waals surface area contributed by atoms with Crippen molar-refractivity contribution >= 4 is 12.2 Å². The SMILES string of the molecule is COC(=O)N1[C@@H]2CCC[C@@H](/C=C/c3ccccc3)[C@@H]2CC2(OCCO2)[C@@H]1C. The first kappa shape index (κ1) is 18.5. The molecule has 4 atom stereocenters. The third-order valence-corrected chi connectivity index (χ3v) is 6.51. The molecule has 2 heterocycles. The minimum absolute atomic E-state index is 0.148. The number of amides is 1. The van der Waals surface area contributed by atoms with Gasteiger partial charge in [0.2, 0.25) is 0 Å². The van der Waals surface area contributed by atoms with Gasteiger partial charge in [0.25, 0.3) is 0 Å². The summed E-state index contributed by atoms with van der Waals surface area (Å²) < 4.78 is 17.3. The molecule has 3 fully saturated rings. The maximum absolute atomic E-state index is 12.6. The predicted octanol–water partition coefficient (Wildman–Crippen LogP) is 4.09. The molecule has 0 aromatic heterocycles. The number of carbonyl (C=O) groups excluding carboxylic acids is 1. The van der Waals surface area contributed by atoms with Crippen molar-refractivity contribution in [3.63, 3.8) is 0 Å². The Hall–Kier alpha value is -1.85. The highest BCUT2D eigenvalue weighted by atomic mass is 16.7. The fourth-order valence-electron chi connectivity index (χ4n) is 5.17. The Kier molecular flexibility index (Phi) is 5.24. The fraction of sp³-hybridized carbons (Fsp3) is 0.591. The molecule has 3 aliphatic rings. The van der Waals surface area contributed by atoms with Crippen molar-refractivity contribution in [1.29, 1.82) is 0 Å². The number of hydrogen-bond acceptors (Lipinski definition) is 4. The van der Waals surface area contributed by atoms with E-state index in [4.69, 9.17) is 14.2 Å². The van der Waals surface area contributed by atoms with E-state index >= 15 is 0 Å². The summed E-state index contributed by atoms with van der Waals surface area (Å²) in [6, 6.07) is 10.4.